The summed E-state index contributed by atoms with van der Waals surface area (Å²) in [6.45, 7) is 18.3. The molecule has 6 heteroatoms. The van der Waals surface area contributed by atoms with Crippen molar-refractivity contribution in [2.45, 2.75) is 78.6 Å². The maximum absolute atomic E-state index is 7.08. The van der Waals surface area contributed by atoms with Crippen molar-refractivity contribution in [2.75, 3.05) is 6.16 Å². The number of nitrogens with zero attached hydrogens (tertiary/aromatic N) is 1. The molecule has 0 saturated carbocycles. The average molecular weight is 754 g/mol. The van der Waals surface area contributed by atoms with Crippen LogP contribution in [-0.2, 0) is 4.43 Å². The molecule has 0 aliphatic heterocycles. The van der Waals surface area contributed by atoms with Gasteiger partial charge in [0, 0.05) is 0 Å². The van der Waals surface area contributed by atoms with E-state index in [1.165, 1.54) is 27.1 Å². The van der Waals surface area contributed by atoms with Gasteiger partial charge in [-0.25, -0.2) is 0 Å². The summed E-state index contributed by atoms with van der Waals surface area (Å²) in [5.41, 5.74) is 3.69. The molecule has 1 heterocycles. The third-order valence-corrected chi connectivity index (χ3v) is 26.2. The molecule has 0 N–H and O–H groups in total. The third-order valence-electron chi connectivity index (χ3n) is 9.25. The van der Waals surface area contributed by atoms with Gasteiger partial charge in [0.25, 0.3) is 0 Å². The monoisotopic (exact) mass is 753 g/mol. The first-order valence-corrected chi connectivity index (χ1v) is 24.6. The molecule has 4 rings (SSSR count). The zero-order valence-corrected chi connectivity index (χ0v) is 32.5. The van der Waals surface area contributed by atoms with Crippen molar-refractivity contribution in [3.8, 4) is 0 Å². The Morgan fingerprint density at radius 3 is 1.77 bits per heavy atom. The zero-order valence-electron chi connectivity index (χ0n) is 27.7. The van der Waals surface area contributed by atoms with E-state index in [0.717, 1.165) is 29.7 Å². The van der Waals surface area contributed by atoms with E-state index >= 15 is 0 Å². The van der Waals surface area contributed by atoms with E-state index < -0.39 is 12.6 Å². The number of hydrogen-bond donors (Lipinski definition) is 0. The Bertz CT molecular complexity index is 1480. The van der Waals surface area contributed by atoms with E-state index in [9.17, 15) is 0 Å². The number of benzene rings is 3. The standard InChI is InChI=1S/C38H49INOPSSi/c1-30(24-25-37(41-44(7,8)38(4,5)6)31(2)28-33-29-43-32(3)40-33)26-27-42(39,34-18-12-9-13-19-34,35-20-14-10-15-21-35)36-22-16-11-17-23-36/h9-24,28-29,37H,25-27H2,1-8H3/b30-24-,31-28+. The van der Waals surface area contributed by atoms with Crippen LogP contribution in [0.5, 0.6) is 0 Å². The van der Waals surface area contributed by atoms with Crippen LogP contribution >= 0.6 is 37.6 Å². The van der Waals surface area contributed by atoms with Crippen LogP contribution in [-0.4, -0.2) is 25.6 Å². The molecular formula is C38H49INOPSSi. The van der Waals surface area contributed by atoms with E-state index in [4.69, 9.17) is 9.41 Å². The topological polar surface area (TPSA) is 22.1 Å². The molecule has 0 spiro atoms. The molecule has 234 valence electrons. The van der Waals surface area contributed by atoms with Gasteiger partial charge in [-0.2, -0.15) is 0 Å². The summed E-state index contributed by atoms with van der Waals surface area (Å²) in [4.78, 5) is 4.71. The number of thiazole rings is 1. The van der Waals surface area contributed by atoms with Crippen molar-refractivity contribution in [2.24, 2.45) is 0 Å². The summed E-state index contributed by atoms with van der Waals surface area (Å²) in [6.07, 6.45) is 7.64. The minimum absolute atomic E-state index is 0.0278. The van der Waals surface area contributed by atoms with Crippen molar-refractivity contribution in [1.29, 1.82) is 0 Å². The molecular weight excluding hydrogens is 704 g/mol. The van der Waals surface area contributed by atoms with Crippen molar-refractivity contribution in [3.63, 3.8) is 0 Å². The summed E-state index contributed by atoms with van der Waals surface area (Å²) >= 11 is 4.60. The van der Waals surface area contributed by atoms with Crippen LogP contribution in [0.1, 0.15) is 58.2 Å². The Morgan fingerprint density at radius 1 is 0.886 bits per heavy atom. The number of halogens is 1. The quantitative estimate of drug-likeness (QED) is 0.0622. The van der Waals surface area contributed by atoms with Crippen molar-refractivity contribution in [1.82, 2.24) is 4.98 Å². The second-order valence-electron chi connectivity index (χ2n) is 13.5. The van der Waals surface area contributed by atoms with Gasteiger partial charge in [0.05, 0.1) is 0 Å². The van der Waals surface area contributed by atoms with Crippen LogP contribution < -0.4 is 15.9 Å². The minimum atomic E-state index is -2.81. The van der Waals surface area contributed by atoms with Gasteiger partial charge in [-0.1, -0.05) is 0 Å². The molecule has 0 saturated heterocycles. The predicted octanol–water partition coefficient (Wildman–Crippen LogP) is 10.9. The normalized spacial score (nSPS) is 15.1. The number of aromatic nitrogens is 1. The van der Waals surface area contributed by atoms with E-state index in [1.54, 1.807) is 11.3 Å². The summed E-state index contributed by atoms with van der Waals surface area (Å²) in [5, 5.41) is 7.67. The molecule has 0 amide bonds. The molecule has 0 aliphatic rings. The predicted molar refractivity (Wildman–Crippen MR) is 210 cm³/mol. The van der Waals surface area contributed by atoms with Crippen molar-refractivity contribution < 1.29 is 4.43 Å². The first-order valence-electron chi connectivity index (χ1n) is 15.6. The summed E-state index contributed by atoms with van der Waals surface area (Å²) in [5.74, 6) is 0. The molecule has 1 atom stereocenters. The maximum atomic E-state index is 7.08. The molecule has 1 aromatic heterocycles. The molecule has 0 radical (unpaired) electrons. The summed E-state index contributed by atoms with van der Waals surface area (Å²) in [6, 6.07) is 33.7. The van der Waals surface area contributed by atoms with E-state index in [-0.39, 0.29) is 11.1 Å². The molecule has 0 aliphatic carbocycles. The van der Waals surface area contributed by atoms with Gasteiger partial charge in [-0.3, -0.25) is 0 Å². The van der Waals surface area contributed by atoms with Gasteiger partial charge in [0.15, 0.2) is 0 Å². The van der Waals surface area contributed by atoms with Crippen LogP contribution in [0.3, 0.4) is 0 Å². The number of hydrogen-bond acceptors (Lipinski definition) is 3. The Labute approximate surface area is 284 Å². The Hall–Kier alpha value is -1.89. The fraction of sp³-hybridized carbons (Fsp3) is 0.342. The summed E-state index contributed by atoms with van der Waals surface area (Å²) in [7, 11) is -1.99. The molecule has 4 aromatic rings. The molecule has 1 unspecified atom stereocenters. The van der Waals surface area contributed by atoms with Gasteiger partial charge >= 0.3 is 286 Å². The second-order valence-corrected chi connectivity index (χ2v) is 30.1. The SMILES string of the molecule is C/C(=C/CC(O[Si](C)(C)C(C)(C)C)/C(C)=C/c1csc(C)n1)CCP(I)(c1ccccc1)(c1ccccc1)c1ccccc1. The number of allylic oxidation sites excluding steroid dienone is 1. The van der Waals surface area contributed by atoms with Gasteiger partial charge in [-0.05, 0) is 0 Å². The molecule has 3 aromatic carbocycles. The summed E-state index contributed by atoms with van der Waals surface area (Å²) < 4.78 is 4.26. The van der Waals surface area contributed by atoms with Gasteiger partial charge in [-0.15, -0.1) is 0 Å². The van der Waals surface area contributed by atoms with Crippen molar-refractivity contribution in [3.05, 3.63) is 124 Å². The Kier molecular flexibility index (Phi) is 11.3. The van der Waals surface area contributed by atoms with Crippen LogP contribution in [0.25, 0.3) is 6.08 Å². The molecule has 2 nitrogen and oxygen atoms in total. The van der Waals surface area contributed by atoms with E-state index in [2.05, 4.69) is 185 Å². The van der Waals surface area contributed by atoms with Gasteiger partial charge < -0.3 is 0 Å². The van der Waals surface area contributed by atoms with Crippen LogP contribution in [0.4, 0.5) is 0 Å². The van der Waals surface area contributed by atoms with Crippen molar-refractivity contribution >= 4 is 67.9 Å². The van der Waals surface area contributed by atoms with Gasteiger partial charge in [0.1, 0.15) is 0 Å². The number of aryl methyl sites for hydroxylation is 1. The first kappa shape index (κ1) is 35.0. The van der Waals surface area contributed by atoms with Crippen LogP contribution in [0.15, 0.2) is 114 Å². The Morgan fingerprint density at radius 2 is 1.36 bits per heavy atom. The fourth-order valence-electron chi connectivity index (χ4n) is 5.48. The fourth-order valence-corrected chi connectivity index (χ4v) is 15.8. The van der Waals surface area contributed by atoms with Crippen LogP contribution in [0.2, 0.25) is 18.1 Å². The Balaban J connectivity index is 1.70. The zero-order chi connectivity index (χ0) is 32.0. The third kappa shape index (κ3) is 7.73. The molecule has 44 heavy (non-hydrogen) atoms. The molecule has 0 bridgehead atoms. The van der Waals surface area contributed by atoms with Crippen LogP contribution in [0, 0.1) is 6.92 Å². The van der Waals surface area contributed by atoms with E-state index in [1.807, 2.05) is 0 Å². The second kappa shape index (κ2) is 14.3. The number of rotatable bonds is 12. The average Bonchev–Trinajstić information content (AvgIpc) is 3.42. The molecule has 0 fully saturated rings. The van der Waals surface area contributed by atoms with Gasteiger partial charge in [0.2, 0.25) is 0 Å². The first-order chi connectivity index (χ1) is 20.7. The van der Waals surface area contributed by atoms with E-state index in [0.29, 0.717) is 0 Å².